The van der Waals surface area contributed by atoms with E-state index in [0.717, 1.165) is 43.8 Å². The van der Waals surface area contributed by atoms with Crippen molar-refractivity contribution >= 4 is 11.9 Å². The molecule has 2 aromatic rings. The molecular weight excluding hydrogens is 230 g/mol. The number of hydrogen-bond donors (Lipinski definition) is 0. The van der Waals surface area contributed by atoms with Gasteiger partial charge in [0.05, 0.1) is 0 Å². The van der Waals surface area contributed by atoms with Crippen LogP contribution in [-0.4, -0.2) is 34.1 Å². The molecule has 0 amide bonds. The van der Waals surface area contributed by atoms with Crippen molar-refractivity contribution in [2.24, 2.45) is 5.92 Å². The van der Waals surface area contributed by atoms with Gasteiger partial charge in [-0.2, -0.15) is 5.10 Å². The number of carbonyl (C=O) groups is 1. The highest BCUT2D eigenvalue weighted by atomic mass is 16.5. The zero-order valence-corrected chi connectivity index (χ0v) is 10.1. The van der Waals surface area contributed by atoms with E-state index in [9.17, 15) is 4.79 Å². The molecule has 5 heteroatoms. The SMILES string of the molecule is O=Cc1ccn2nc(CC3CCCOC3)nc2c1. The molecule has 94 valence electrons. The maximum Gasteiger partial charge on any atom is 0.156 e. The van der Waals surface area contributed by atoms with Gasteiger partial charge in [-0.15, -0.1) is 0 Å². The van der Waals surface area contributed by atoms with Gasteiger partial charge in [0, 0.05) is 31.4 Å². The average Bonchev–Trinajstić information content (AvgIpc) is 2.80. The maximum atomic E-state index is 10.7. The predicted molar refractivity (Wildman–Crippen MR) is 65.6 cm³/mol. The molecule has 1 aliphatic rings. The van der Waals surface area contributed by atoms with Crippen LogP contribution in [0.15, 0.2) is 18.3 Å². The van der Waals surface area contributed by atoms with Crippen molar-refractivity contribution < 1.29 is 9.53 Å². The molecule has 0 aliphatic carbocycles. The highest BCUT2D eigenvalue weighted by Gasteiger charge is 2.16. The van der Waals surface area contributed by atoms with Crippen LogP contribution in [0, 0.1) is 5.92 Å². The highest BCUT2D eigenvalue weighted by Crippen LogP contribution is 2.17. The smallest absolute Gasteiger partial charge is 0.156 e. The first-order valence-corrected chi connectivity index (χ1v) is 6.23. The van der Waals surface area contributed by atoms with Gasteiger partial charge < -0.3 is 4.74 Å². The molecule has 0 bridgehead atoms. The third kappa shape index (κ3) is 2.26. The number of aromatic nitrogens is 3. The van der Waals surface area contributed by atoms with Crippen molar-refractivity contribution in [2.45, 2.75) is 19.3 Å². The summed E-state index contributed by atoms with van der Waals surface area (Å²) in [6.45, 7) is 1.67. The molecule has 0 N–H and O–H groups in total. The first-order chi connectivity index (χ1) is 8.85. The van der Waals surface area contributed by atoms with Gasteiger partial charge in [-0.3, -0.25) is 4.79 Å². The summed E-state index contributed by atoms with van der Waals surface area (Å²) < 4.78 is 7.17. The van der Waals surface area contributed by atoms with Crippen LogP contribution in [0.4, 0.5) is 0 Å². The molecular formula is C13H15N3O2. The summed E-state index contributed by atoms with van der Waals surface area (Å²) in [7, 11) is 0. The quantitative estimate of drug-likeness (QED) is 0.769. The zero-order valence-electron chi connectivity index (χ0n) is 10.1. The van der Waals surface area contributed by atoms with Gasteiger partial charge in [0.2, 0.25) is 0 Å². The summed E-state index contributed by atoms with van der Waals surface area (Å²) in [5.41, 5.74) is 1.36. The number of aldehydes is 1. The van der Waals surface area contributed by atoms with Crippen LogP contribution in [0.2, 0.25) is 0 Å². The fraction of sp³-hybridized carbons (Fsp3) is 0.462. The lowest BCUT2D eigenvalue weighted by molar-refractivity contribution is 0.0543. The molecule has 3 heterocycles. The minimum absolute atomic E-state index is 0.515. The Morgan fingerprint density at radius 2 is 2.50 bits per heavy atom. The third-order valence-corrected chi connectivity index (χ3v) is 3.27. The monoisotopic (exact) mass is 245 g/mol. The predicted octanol–water partition coefficient (Wildman–Crippen LogP) is 1.51. The fourth-order valence-corrected chi connectivity index (χ4v) is 2.33. The Morgan fingerprint density at radius 3 is 3.28 bits per heavy atom. The van der Waals surface area contributed by atoms with Gasteiger partial charge in [-0.05, 0) is 30.9 Å². The summed E-state index contributed by atoms with van der Waals surface area (Å²) in [6, 6.07) is 3.49. The molecule has 5 nitrogen and oxygen atoms in total. The van der Waals surface area contributed by atoms with Gasteiger partial charge >= 0.3 is 0 Å². The molecule has 1 atom stereocenters. The summed E-state index contributed by atoms with van der Waals surface area (Å²) in [6.07, 6.45) is 5.73. The van der Waals surface area contributed by atoms with Gasteiger partial charge in [-0.1, -0.05) is 0 Å². The van der Waals surface area contributed by atoms with Crippen LogP contribution in [0.25, 0.3) is 5.65 Å². The van der Waals surface area contributed by atoms with E-state index in [1.807, 2.05) is 0 Å². The van der Waals surface area contributed by atoms with E-state index in [4.69, 9.17) is 4.74 Å². The fourth-order valence-electron chi connectivity index (χ4n) is 2.33. The zero-order chi connectivity index (χ0) is 12.4. The number of ether oxygens (including phenoxy) is 1. The molecule has 1 fully saturated rings. The first-order valence-electron chi connectivity index (χ1n) is 6.23. The van der Waals surface area contributed by atoms with Crippen molar-refractivity contribution in [2.75, 3.05) is 13.2 Å². The van der Waals surface area contributed by atoms with E-state index in [-0.39, 0.29) is 0 Å². The Labute approximate surface area is 105 Å². The largest absolute Gasteiger partial charge is 0.381 e. The van der Waals surface area contributed by atoms with Crippen molar-refractivity contribution in [3.05, 3.63) is 29.7 Å². The summed E-state index contributed by atoms with van der Waals surface area (Å²) in [4.78, 5) is 15.2. The van der Waals surface area contributed by atoms with Crippen LogP contribution in [0.5, 0.6) is 0 Å². The molecule has 0 aromatic carbocycles. The summed E-state index contributed by atoms with van der Waals surface area (Å²) in [5.74, 6) is 1.34. The van der Waals surface area contributed by atoms with Crippen LogP contribution < -0.4 is 0 Å². The lowest BCUT2D eigenvalue weighted by Gasteiger charge is -2.20. The van der Waals surface area contributed by atoms with E-state index < -0.39 is 0 Å². The molecule has 0 saturated carbocycles. The van der Waals surface area contributed by atoms with Crippen LogP contribution >= 0.6 is 0 Å². The number of carbonyl (C=O) groups excluding carboxylic acids is 1. The third-order valence-electron chi connectivity index (χ3n) is 3.27. The summed E-state index contributed by atoms with van der Waals surface area (Å²) >= 11 is 0. The number of hydrogen-bond acceptors (Lipinski definition) is 4. The van der Waals surface area contributed by atoms with E-state index in [2.05, 4.69) is 10.1 Å². The van der Waals surface area contributed by atoms with E-state index in [1.165, 1.54) is 6.42 Å². The normalized spacial score (nSPS) is 20.1. The Bertz CT molecular complexity index is 558. The number of pyridine rings is 1. The standard InChI is InChI=1S/C13H15N3O2/c17-8-10-3-4-16-13(7-10)14-12(15-16)6-11-2-1-5-18-9-11/h3-4,7-8,11H,1-2,5-6,9H2. The minimum atomic E-state index is 0.515. The van der Waals surface area contributed by atoms with Crippen molar-refractivity contribution in [3.63, 3.8) is 0 Å². The molecule has 1 unspecified atom stereocenters. The first kappa shape index (κ1) is 11.3. The van der Waals surface area contributed by atoms with Crippen molar-refractivity contribution in [3.8, 4) is 0 Å². The topological polar surface area (TPSA) is 56.5 Å². The minimum Gasteiger partial charge on any atom is -0.381 e. The van der Waals surface area contributed by atoms with E-state index in [0.29, 0.717) is 11.5 Å². The van der Waals surface area contributed by atoms with Gasteiger partial charge in [0.15, 0.2) is 11.5 Å². The van der Waals surface area contributed by atoms with Crippen molar-refractivity contribution in [1.82, 2.24) is 14.6 Å². The highest BCUT2D eigenvalue weighted by molar-refractivity contribution is 5.76. The maximum absolute atomic E-state index is 10.7. The molecule has 1 saturated heterocycles. The molecule has 0 radical (unpaired) electrons. The number of nitrogens with zero attached hydrogens (tertiary/aromatic N) is 3. The van der Waals surface area contributed by atoms with Gasteiger partial charge in [0.25, 0.3) is 0 Å². The lowest BCUT2D eigenvalue weighted by atomic mass is 9.98. The Hall–Kier alpha value is -1.75. The van der Waals surface area contributed by atoms with Crippen molar-refractivity contribution in [1.29, 1.82) is 0 Å². The second-order valence-electron chi connectivity index (χ2n) is 4.70. The lowest BCUT2D eigenvalue weighted by Crippen LogP contribution is -2.19. The average molecular weight is 245 g/mol. The molecule has 18 heavy (non-hydrogen) atoms. The summed E-state index contributed by atoms with van der Waals surface area (Å²) in [5, 5.41) is 4.42. The molecule has 0 spiro atoms. The number of rotatable bonds is 3. The van der Waals surface area contributed by atoms with Crippen LogP contribution in [0.1, 0.15) is 29.0 Å². The molecule has 2 aromatic heterocycles. The van der Waals surface area contributed by atoms with E-state index in [1.54, 1.807) is 22.8 Å². The Kier molecular flexibility index (Phi) is 3.06. The Morgan fingerprint density at radius 1 is 1.56 bits per heavy atom. The Balaban J connectivity index is 1.81. The molecule has 3 rings (SSSR count). The second-order valence-corrected chi connectivity index (χ2v) is 4.70. The second kappa shape index (κ2) is 4.86. The van der Waals surface area contributed by atoms with Gasteiger partial charge in [0.1, 0.15) is 6.29 Å². The molecule has 1 aliphatic heterocycles. The van der Waals surface area contributed by atoms with Gasteiger partial charge in [-0.25, -0.2) is 9.50 Å². The van der Waals surface area contributed by atoms with Crippen LogP contribution in [-0.2, 0) is 11.2 Å². The van der Waals surface area contributed by atoms with Crippen LogP contribution in [0.3, 0.4) is 0 Å². The van der Waals surface area contributed by atoms with E-state index >= 15 is 0 Å². The number of fused-ring (bicyclic) bond motifs is 1.